The molecule has 3 aromatic carbocycles. The van der Waals surface area contributed by atoms with E-state index in [2.05, 4.69) is 34.7 Å². The van der Waals surface area contributed by atoms with E-state index in [4.69, 9.17) is 18.9 Å². The molecule has 1 heterocycles. The number of carbonyl (C=O) groups excluding carboxylic acids is 4. The smallest absolute Gasteiger partial charge is 0.406 e. The normalized spacial score (nSPS) is 14.3. The van der Waals surface area contributed by atoms with E-state index in [0.717, 1.165) is 5.69 Å². The fourth-order valence-electron chi connectivity index (χ4n) is 5.05. The number of anilines is 2. The van der Waals surface area contributed by atoms with Crippen LogP contribution in [-0.4, -0.2) is 84.8 Å². The van der Waals surface area contributed by atoms with Crippen molar-refractivity contribution in [1.82, 2.24) is 16.0 Å². The minimum absolute atomic E-state index is 0. The number of esters is 1. The molecule has 0 spiro atoms. The molecule has 0 aliphatic carbocycles. The van der Waals surface area contributed by atoms with Crippen LogP contribution in [0.2, 0.25) is 0 Å². The summed E-state index contributed by atoms with van der Waals surface area (Å²) in [5.74, 6) is -0.478. The average molecular weight is 733 g/mol. The number of nitrogens with one attached hydrogen (secondary N) is 3. The molecule has 48 heavy (non-hydrogen) atoms. The molecular formula is C34H37N5O8Y-2. The van der Waals surface area contributed by atoms with Crippen LogP contribution in [0.4, 0.5) is 25.8 Å². The first-order valence-corrected chi connectivity index (χ1v) is 14.8. The van der Waals surface area contributed by atoms with E-state index in [0.29, 0.717) is 47.6 Å². The molecule has 3 aromatic rings. The number of fused-ring (bicyclic) bond motifs is 1. The van der Waals surface area contributed by atoms with Crippen LogP contribution in [0.5, 0.6) is 0 Å². The first-order valence-electron chi connectivity index (χ1n) is 14.8. The second-order valence-electron chi connectivity index (χ2n) is 10.1. The van der Waals surface area contributed by atoms with Gasteiger partial charge in [-0.2, -0.15) is 36.4 Å². The van der Waals surface area contributed by atoms with Crippen LogP contribution in [0.1, 0.15) is 27.0 Å². The van der Waals surface area contributed by atoms with Crippen LogP contribution in [0.25, 0.3) is 0 Å². The molecule has 4 rings (SSSR count). The standard InChI is InChI=1S/C34H37N5O8.Y/c1-5-38(18-21-44-31(41)35-2)26-14-10-24(11-15-26)34(29-9-7-6-8-28(29)30(40)47-34)25-12-16-27(17-13-25)39(19-22-45-32(42)36-3)20-23-46-33(43)37-4;/h5-10,12,14-17H,1,18-23H2,2-4H3,(H,35,41)(H,36,42)(H,37,43);/q-2;. The number of hydrogen-bond acceptors (Lipinski definition) is 10. The Morgan fingerprint density at radius 1 is 0.792 bits per heavy atom. The zero-order chi connectivity index (χ0) is 33.8. The monoisotopic (exact) mass is 732 g/mol. The van der Waals surface area contributed by atoms with Gasteiger partial charge in [0.1, 0.15) is 25.4 Å². The Labute approximate surface area is 304 Å². The van der Waals surface area contributed by atoms with Gasteiger partial charge in [-0.1, -0.05) is 36.2 Å². The van der Waals surface area contributed by atoms with Crippen molar-refractivity contribution >= 4 is 35.6 Å². The van der Waals surface area contributed by atoms with Gasteiger partial charge in [0, 0.05) is 79.0 Å². The minimum Gasteiger partial charge on any atom is -0.448 e. The summed E-state index contributed by atoms with van der Waals surface area (Å²) in [4.78, 5) is 51.6. The van der Waals surface area contributed by atoms with Gasteiger partial charge in [0.25, 0.3) is 0 Å². The first kappa shape index (κ1) is 37.8. The van der Waals surface area contributed by atoms with E-state index in [1.54, 1.807) is 30.5 Å². The molecule has 1 unspecified atom stereocenters. The zero-order valence-corrected chi connectivity index (χ0v) is 29.9. The van der Waals surface area contributed by atoms with Gasteiger partial charge < -0.3 is 44.7 Å². The maximum Gasteiger partial charge on any atom is 0.406 e. The Morgan fingerprint density at radius 3 is 1.77 bits per heavy atom. The molecule has 1 aliphatic heterocycles. The maximum absolute atomic E-state index is 13.2. The Bertz CT molecular complexity index is 1550. The van der Waals surface area contributed by atoms with Crippen LogP contribution in [0.3, 0.4) is 0 Å². The number of amides is 3. The quantitative estimate of drug-likeness (QED) is 0.128. The molecule has 3 N–H and O–H groups in total. The predicted octanol–water partition coefficient (Wildman–Crippen LogP) is 3.57. The number of benzene rings is 3. The van der Waals surface area contributed by atoms with E-state index in [1.165, 1.54) is 21.1 Å². The molecule has 1 aliphatic rings. The Morgan fingerprint density at radius 2 is 1.29 bits per heavy atom. The van der Waals surface area contributed by atoms with Gasteiger partial charge >= 0.3 is 24.2 Å². The van der Waals surface area contributed by atoms with Gasteiger partial charge in [0.2, 0.25) is 0 Å². The predicted molar refractivity (Wildman–Crippen MR) is 173 cm³/mol. The summed E-state index contributed by atoms with van der Waals surface area (Å²) >= 11 is 0. The van der Waals surface area contributed by atoms with Crippen molar-refractivity contribution in [3.8, 4) is 0 Å². The van der Waals surface area contributed by atoms with Crippen molar-refractivity contribution < 1.29 is 70.8 Å². The number of alkyl carbamates (subject to hydrolysis) is 3. The van der Waals surface area contributed by atoms with Crippen molar-refractivity contribution in [1.29, 1.82) is 0 Å². The van der Waals surface area contributed by atoms with Crippen molar-refractivity contribution in [2.24, 2.45) is 0 Å². The van der Waals surface area contributed by atoms with E-state index >= 15 is 0 Å². The van der Waals surface area contributed by atoms with Crippen molar-refractivity contribution in [3.63, 3.8) is 0 Å². The summed E-state index contributed by atoms with van der Waals surface area (Å²) in [6.45, 7) is 5.14. The van der Waals surface area contributed by atoms with Gasteiger partial charge in [-0.3, -0.25) is 0 Å². The van der Waals surface area contributed by atoms with E-state index in [-0.39, 0.29) is 52.5 Å². The van der Waals surface area contributed by atoms with Crippen LogP contribution in [0.15, 0.2) is 73.4 Å². The third-order valence-electron chi connectivity index (χ3n) is 7.41. The van der Waals surface area contributed by atoms with Crippen LogP contribution < -0.4 is 25.8 Å². The number of carbonyl (C=O) groups is 4. The zero-order valence-electron chi connectivity index (χ0n) is 27.0. The van der Waals surface area contributed by atoms with Gasteiger partial charge in [-0.05, 0) is 12.3 Å². The van der Waals surface area contributed by atoms with E-state index in [9.17, 15) is 19.2 Å². The summed E-state index contributed by atoms with van der Waals surface area (Å²) in [6.07, 6.45) is -0.0332. The Hall–Kier alpha value is -4.62. The second-order valence-corrected chi connectivity index (χ2v) is 10.1. The number of nitrogens with zero attached hydrogens (tertiary/aromatic N) is 2. The summed E-state index contributed by atoms with van der Waals surface area (Å²) in [7, 11) is 4.43. The number of rotatable bonds is 14. The fourth-order valence-corrected chi connectivity index (χ4v) is 5.05. The van der Waals surface area contributed by atoms with Crippen LogP contribution >= 0.6 is 0 Å². The molecular weight excluding hydrogens is 695 g/mol. The van der Waals surface area contributed by atoms with Gasteiger partial charge in [-0.15, -0.1) is 23.3 Å². The molecule has 0 saturated heterocycles. The first-order chi connectivity index (χ1) is 22.8. The maximum atomic E-state index is 13.2. The summed E-state index contributed by atoms with van der Waals surface area (Å²) in [6, 6.07) is 24.6. The summed E-state index contributed by atoms with van der Waals surface area (Å²) in [5, 5.41) is 7.22. The largest absolute Gasteiger partial charge is 0.448 e. The Balaban J connectivity index is 0.00000625. The molecule has 1 radical (unpaired) electrons. The molecule has 3 amide bonds. The summed E-state index contributed by atoms with van der Waals surface area (Å²) in [5.41, 5.74) is 2.32. The number of hydrogen-bond donors (Lipinski definition) is 3. The minimum atomic E-state index is -1.35. The molecule has 0 saturated carbocycles. The number of cyclic esters (lactones) is 1. The SMILES string of the molecule is C=CN(CCOC(=O)NC)c1c[c-]c(C2(c3[c-]cc(N(CCOC(=O)NC)CCOC(=O)NC)cc3)OC(=O)c3ccccc32)cc1.[Y]. The molecule has 0 fully saturated rings. The molecule has 13 nitrogen and oxygen atoms in total. The third kappa shape index (κ3) is 8.84. The van der Waals surface area contributed by atoms with Crippen molar-refractivity contribution in [3.05, 3.63) is 108 Å². The van der Waals surface area contributed by atoms with Crippen LogP contribution in [-0.2, 0) is 57.3 Å². The average Bonchev–Trinajstić information content (AvgIpc) is 3.42. The molecule has 1 atom stereocenters. The Kier molecular flexibility index (Phi) is 14.2. The van der Waals surface area contributed by atoms with Gasteiger partial charge in [0.05, 0.1) is 5.56 Å². The molecule has 0 aromatic heterocycles. The van der Waals surface area contributed by atoms with E-state index < -0.39 is 29.9 Å². The van der Waals surface area contributed by atoms with Crippen LogP contribution in [0, 0.1) is 12.1 Å². The van der Waals surface area contributed by atoms with Crippen molar-refractivity contribution in [2.75, 3.05) is 70.4 Å². The van der Waals surface area contributed by atoms with Gasteiger partial charge in [-0.25, -0.2) is 19.2 Å². The molecule has 0 bridgehead atoms. The number of ether oxygens (including phenoxy) is 4. The van der Waals surface area contributed by atoms with Gasteiger partial charge in [0.15, 0.2) is 0 Å². The second kappa shape index (κ2) is 18.1. The molecule has 251 valence electrons. The summed E-state index contributed by atoms with van der Waals surface area (Å²) < 4.78 is 21.6. The third-order valence-corrected chi connectivity index (χ3v) is 7.41. The van der Waals surface area contributed by atoms with Crippen molar-refractivity contribution in [2.45, 2.75) is 5.60 Å². The molecule has 14 heteroatoms. The topological polar surface area (TPSA) is 148 Å². The van der Waals surface area contributed by atoms with E-state index in [1.807, 2.05) is 46.2 Å². The fraction of sp³-hybridized carbons (Fsp3) is 0.294.